The lowest BCUT2D eigenvalue weighted by Gasteiger charge is -2.27. The number of hydrogen-bond acceptors (Lipinski definition) is 2. The van der Waals surface area contributed by atoms with Crippen LogP contribution in [0.5, 0.6) is 0 Å². The second-order valence-electron chi connectivity index (χ2n) is 6.88. The molecule has 1 fully saturated rings. The Morgan fingerprint density at radius 2 is 1.58 bits per heavy atom. The minimum absolute atomic E-state index is 0.0401. The summed E-state index contributed by atoms with van der Waals surface area (Å²) in [7, 11) is 0. The van der Waals surface area contributed by atoms with Crippen LogP contribution < -0.4 is 10.6 Å². The van der Waals surface area contributed by atoms with E-state index in [2.05, 4.69) is 10.6 Å². The molecule has 0 heterocycles. The second-order valence-corrected chi connectivity index (χ2v) is 7.32. The summed E-state index contributed by atoms with van der Waals surface area (Å²) in [5.41, 5.74) is 1.16. The van der Waals surface area contributed by atoms with Crippen molar-refractivity contribution in [3.63, 3.8) is 0 Å². The van der Waals surface area contributed by atoms with Crippen LogP contribution in [0.15, 0.2) is 24.3 Å². The number of nitrogens with one attached hydrogen (secondary N) is 2. The summed E-state index contributed by atoms with van der Waals surface area (Å²) in [6.07, 6.45) is 3.99. The average molecular weight is 351 g/mol. The summed E-state index contributed by atoms with van der Waals surface area (Å²) in [4.78, 5) is 24.3. The first-order chi connectivity index (χ1) is 11.5. The minimum atomic E-state index is 0.0401. The van der Waals surface area contributed by atoms with Crippen LogP contribution in [0.4, 0.5) is 0 Å². The Hall–Kier alpha value is -1.55. The number of carbonyl (C=O) groups is 2. The van der Waals surface area contributed by atoms with Gasteiger partial charge in [0.05, 0.1) is 0 Å². The SMILES string of the molecule is CC(C)NC(=O)C1CCC(C(=O)NCCc2ccc(Cl)cc2)CC1. The van der Waals surface area contributed by atoms with Gasteiger partial charge >= 0.3 is 0 Å². The van der Waals surface area contributed by atoms with E-state index in [1.165, 1.54) is 0 Å². The van der Waals surface area contributed by atoms with E-state index < -0.39 is 0 Å². The average Bonchev–Trinajstić information content (AvgIpc) is 2.56. The molecule has 0 unspecified atom stereocenters. The molecule has 0 spiro atoms. The Bertz CT molecular complexity index is 549. The molecule has 2 rings (SSSR count). The van der Waals surface area contributed by atoms with Crippen molar-refractivity contribution in [2.75, 3.05) is 6.54 Å². The van der Waals surface area contributed by atoms with Crippen LogP contribution in [-0.4, -0.2) is 24.4 Å². The molecule has 0 radical (unpaired) electrons. The highest BCUT2D eigenvalue weighted by atomic mass is 35.5. The van der Waals surface area contributed by atoms with Crippen molar-refractivity contribution in [2.24, 2.45) is 11.8 Å². The van der Waals surface area contributed by atoms with Crippen LogP contribution in [0.1, 0.15) is 45.1 Å². The predicted octanol–water partition coefficient (Wildman–Crippen LogP) is 3.33. The normalized spacial score (nSPS) is 20.7. The number of hydrogen-bond donors (Lipinski definition) is 2. The van der Waals surface area contributed by atoms with Gasteiger partial charge in [-0.2, -0.15) is 0 Å². The van der Waals surface area contributed by atoms with E-state index in [1.54, 1.807) is 0 Å². The van der Waals surface area contributed by atoms with Gasteiger partial charge in [-0.15, -0.1) is 0 Å². The van der Waals surface area contributed by atoms with Gasteiger partial charge in [-0.3, -0.25) is 9.59 Å². The van der Waals surface area contributed by atoms with E-state index in [0.29, 0.717) is 6.54 Å². The van der Waals surface area contributed by atoms with Crippen molar-refractivity contribution in [3.05, 3.63) is 34.9 Å². The minimum Gasteiger partial charge on any atom is -0.356 e. The largest absolute Gasteiger partial charge is 0.356 e. The summed E-state index contributed by atoms with van der Waals surface area (Å²) in [5, 5.41) is 6.71. The third kappa shape index (κ3) is 5.82. The second kappa shape index (κ2) is 9.07. The number of benzene rings is 1. The molecule has 0 aromatic heterocycles. The van der Waals surface area contributed by atoms with Gasteiger partial charge in [0.2, 0.25) is 11.8 Å². The van der Waals surface area contributed by atoms with Crippen LogP contribution >= 0.6 is 11.6 Å². The molecule has 0 bridgehead atoms. The lowest BCUT2D eigenvalue weighted by Crippen LogP contribution is -2.39. The molecule has 2 N–H and O–H groups in total. The molecule has 1 aliphatic rings. The zero-order valence-corrected chi connectivity index (χ0v) is 15.2. The van der Waals surface area contributed by atoms with Crippen LogP contribution in [0.3, 0.4) is 0 Å². The summed E-state index contributed by atoms with van der Waals surface area (Å²) < 4.78 is 0. The van der Waals surface area contributed by atoms with Crippen molar-refractivity contribution in [1.29, 1.82) is 0 Å². The Morgan fingerprint density at radius 1 is 1.04 bits per heavy atom. The van der Waals surface area contributed by atoms with E-state index in [0.717, 1.165) is 42.7 Å². The van der Waals surface area contributed by atoms with E-state index in [9.17, 15) is 9.59 Å². The lowest BCUT2D eigenvalue weighted by atomic mass is 9.81. The molecule has 132 valence electrons. The zero-order chi connectivity index (χ0) is 17.5. The zero-order valence-electron chi connectivity index (χ0n) is 14.5. The highest BCUT2D eigenvalue weighted by Gasteiger charge is 2.29. The fourth-order valence-electron chi connectivity index (χ4n) is 3.15. The maximum absolute atomic E-state index is 12.3. The smallest absolute Gasteiger partial charge is 0.223 e. The quantitative estimate of drug-likeness (QED) is 0.826. The van der Waals surface area contributed by atoms with Crippen LogP contribution in [-0.2, 0) is 16.0 Å². The van der Waals surface area contributed by atoms with Crippen molar-refractivity contribution < 1.29 is 9.59 Å². The van der Waals surface area contributed by atoms with Gasteiger partial charge in [0, 0.05) is 29.4 Å². The number of rotatable bonds is 6. The van der Waals surface area contributed by atoms with Gasteiger partial charge < -0.3 is 10.6 Å². The monoisotopic (exact) mass is 350 g/mol. The van der Waals surface area contributed by atoms with Crippen molar-refractivity contribution in [3.8, 4) is 0 Å². The molecule has 24 heavy (non-hydrogen) atoms. The Labute approximate surface area is 149 Å². The van der Waals surface area contributed by atoms with Crippen LogP contribution in [0.2, 0.25) is 5.02 Å². The lowest BCUT2D eigenvalue weighted by molar-refractivity contribution is -0.130. The van der Waals surface area contributed by atoms with Gasteiger partial charge in [-0.1, -0.05) is 23.7 Å². The maximum Gasteiger partial charge on any atom is 0.223 e. The van der Waals surface area contributed by atoms with Gasteiger partial charge in [0.1, 0.15) is 0 Å². The molecule has 1 aliphatic carbocycles. The number of carbonyl (C=O) groups excluding carboxylic acids is 2. The summed E-state index contributed by atoms with van der Waals surface area (Å²) in [5.74, 6) is 0.349. The third-order valence-corrected chi connectivity index (χ3v) is 4.78. The molecule has 0 atom stereocenters. The maximum atomic E-state index is 12.3. The first-order valence-corrected chi connectivity index (χ1v) is 9.16. The molecule has 2 amide bonds. The molecule has 4 nitrogen and oxygen atoms in total. The molecule has 0 saturated heterocycles. The van der Waals surface area contributed by atoms with Gasteiger partial charge in [-0.05, 0) is 63.6 Å². The summed E-state index contributed by atoms with van der Waals surface area (Å²) in [6.45, 7) is 4.57. The summed E-state index contributed by atoms with van der Waals surface area (Å²) >= 11 is 5.86. The molecule has 1 aromatic rings. The number of amides is 2. The fourth-order valence-corrected chi connectivity index (χ4v) is 3.27. The fraction of sp³-hybridized carbons (Fsp3) is 0.579. The Morgan fingerprint density at radius 3 is 2.12 bits per heavy atom. The Balaban J connectivity index is 1.69. The third-order valence-electron chi connectivity index (χ3n) is 4.53. The topological polar surface area (TPSA) is 58.2 Å². The molecule has 5 heteroatoms. The standard InChI is InChI=1S/C19H27ClN2O2/c1-13(2)22-19(24)16-7-5-15(6-8-16)18(23)21-12-11-14-3-9-17(20)10-4-14/h3-4,9-10,13,15-16H,5-8,11-12H2,1-2H3,(H,21,23)(H,22,24). The highest BCUT2D eigenvalue weighted by Crippen LogP contribution is 2.29. The number of halogens is 1. The molecular formula is C19H27ClN2O2. The molecule has 1 saturated carbocycles. The van der Waals surface area contributed by atoms with E-state index in [1.807, 2.05) is 38.1 Å². The van der Waals surface area contributed by atoms with E-state index >= 15 is 0 Å². The molecule has 1 aromatic carbocycles. The van der Waals surface area contributed by atoms with Gasteiger partial charge in [0.25, 0.3) is 0 Å². The summed E-state index contributed by atoms with van der Waals surface area (Å²) in [6, 6.07) is 7.86. The van der Waals surface area contributed by atoms with Crippen molar-refractivity contribution >= 4 is 23.4 Å². The molecular weight excluding hydrogens is 324 g/mol. The van der Waals surface area contributed by atoms with E-state index in [4.69, 9.17) is 11.6 Å². The van der Waals surface area contributed by atoms with Crippen molar-refractivity contribution in [1.82, 2.24) is 10.6 Å². The Kier molecular flexibility index (Phi) is 7.10. The predicted molar refractivity (Wildman–Crippen MR) is 96.9 cm³/mol. The van der Waals surface area contributed by atoms with Crippen LogP contribution in [0.25, 0.3) is 0 Å². The first-order valence-electron chi connectivity index (χ1n) is 8.78. The van der Waals surface area contributed by atoms with Crippen LogP contribution in [0, 0.1) is 11.8 Å². The molecule has 0 aliphatic heterocycles. The van der Waals surface area contributed by atoms with Gasteiger partial charge in [0.15, 0.2) is 0 Å². The van der Waals surface area contributed by atoms with Crippen molar-refractivity contribution in [2.45, 2.75) is 52.0 Å². The first kappa shape index (κ1) is 18.8. The van der Waals surface area contributed by atoms with Gasteiger partial charge in [-0.25, -0.2) is 0 Å². The van der Waals surface area contributed by atoms with E-state index in [-0.39, 0.29) is 29.7 Å². The highest BCUT2D eigenvalue weighted by molar-refractivity contribution is 6.30.